The van der Waals surface area contributed by atoms with Crippen LogP contribution in [-0.4, -0.2) is 96.0 Å². The van der Waals surface area contributed by atoms with E-state index in [-0.39, 0.29) is 19.4 Å². The molecule has 1 aliphatic heterocycles. The average Bonchev–Trinajstić information content (AvgIpc) is 3.21. The smallest absolute Gasteiger partial charge is 0.306 e. The van der Waals surface area contributed by atoms with Crippen LogP contribution >= 0.6 is 0 Å². The van der Waals surface area contributed by atoms with Gasteiger partial charge in [-0.2, -0.15) is 8.42 Å². The highest BCUT2D eigenvalue weighted by Crippen LogP contribution is 2.24. The molecule has 0 aromatic carbocycles. The molecule has 0 spiro atoms. The van der Waals surface area contributed by atoms with Gasteiger partial charge in [0.1, 0.15) is 36.8 Å². The van der Waals surface area contributed by atoms with Crippen LogP contribution < -0.4 is 0 Å². The van der Waals surface area contributed by atoms with E-state index in [9.17, 15) is 37.9 Å². The minimum Gasteiger partial charge on any atom is -0.462 e. The maximum absolute atomic E-state index is 12.8. The second kappa shape index (κ2) is 37.9. The molecule has 1 saturated heterocycles. The molecule has 6 unspecified atom stereocenters. The maximum Gasteiger partial charge on any atom is 0.306 e. The Balaban J connectivity index is 2.36. The fourth-order valence-corrected chi connectivity index (χ4v) is 8.25. The number of aliphatic hydroxyl groups is 3. The number of unbranched alkanes of at least 4 members (excludes halogenated alkanes) is 27. The van der Waals surface area contributed by atoms with Crippen LogP contribution in [0.15, 0.2) is 12.2 Å². The van der Waals surface area contributed by atoms with Crippen molar-refractivity contribution in [3.8, 4) is 0 Å². The van der Waals surface area contributed by atoms with Gasteiger partial charge in [0.15, 0.2) is 12.4 Å². The van der Waals surface area contributed by atoms with Crippen LogP contribution in [0.5, 0.6) is 0 Å². The SMILES string of the molecule is CCCCC/C=C\CCCCCCCC(=O)OC(COC(=O)CCCCCCCCCCCCCCCCCCCCCC)COC1OC(CS(=O)(=O)O)C(O)C(O)C1O. The zero-order valence-electron chi connectivity index (χ0n) is 37.8. The van der Waals surface area contributed by atoms with E-state index < -0.39 is 71.2 Å². The third-order valence-electron chi connectivity index (χ3n) is 11.3. The van der Waals surface area contributed by atoms with Crippen molar-refractivity contribution in [2.45, 2.75) is 256 Å². The molecular weight excluding hydrogens is 789 g/mol. The van der Waals surface area contributed by atoms with Crippen LogP contribution in [0.3, 0.4) is 0 Å². The second-order valence-electron chi connectivity index (χ2n) is 17.1. The Labute approximate surface area is 365 Å². The van der Waals surface area contributed by atoms with Crippen molar-refractivity contribution in [3.05, 3.63) is 12.2 Å². The van der Waals surface area contributed by atoms with Crippen molar-refractivity contribution in [2.24, 2.45) is 0 Å². The van der Waals surface area contributed by atoms with Gasteiger partial charge in [-0.1, -0.05) is 180 Å². The molecule has 0 saturated carbocycles. The average molecular weight is 877 g/mol. The molecule has 6 atom stereocenters. The molecule has 1 aliphatic rings. The number of ether oxygens (including phenoxy) is 4. The molecule has 0 bridgehead atoms. The first-order valence-corrected chi connectivity index (χ1v) is 25.9. The third kappa shape index (κ3) is 32.1. The second-order valence-corrected chi connectivity index (χ2v) is 18.6. The van der Waals surface area contributed by atoms with Crippen molar-refractivity contribution in [1.29, 1.82) is 0 Å². The van der Waals surface area contributed by atoms with Crippen LogP contribution in [0, 0.1) is 0 Å². The Morgan fingerprint density at radius 1 is 0.550 bits per heavy atom. The lowest BCUT2D eigenvalue weighted by molar-refractivity contribution is -0.297. The number of aliphatic hydroxyl groups excluding tert-OH is 3. The Bertz CT molecular complexity index is 1170. The summed E-state index contributed by atoms with van der Waals surface area (Å²) < 4.78 is 54.1. The van der Waals surface area contributed by atoms with Crippen molar-refractivity contribution >= 4 is 22.1 Å². The van der Waals surface area contributed by atoms with Gasteiger partial charge in [-0.15, -0.1) is 0 Å². The summed E-state index contributed by atoms with van der Waals surface area (Å²) in [7, 11) is -4.60. The number of carbonyl (C=O) groups is 2. The van der Waals surface area contributed by atoms with E-state index in [1.807, 2.05) is 0 Å². The molecule has 1 fully saturated rings. The molecule has 354 valence electrons. The van der Waals surface area contributed by atoms with E-state index >= 15 is 0 Å². The van der Waals surface area contributed by atoms with E-state index in [0.717, 1.165) is 57.8 Å². The van der Waals surface area contributed by atoms with E-state index in [4.69, 9.17) is 18.9 Å². The van der Waals surface area contributed by atoms with Gasteiger partial charge in [0, 0.05) is 12.8 Å². The van der Waals surface area contributed by atoms with Gasteiger partial charge >= 0.3 is 11.9 Å². The molecule has 0 aromatic rings. The van der Waals surface area contributed by atoms with E-state index in [1.54, 1.807) is 0 Å². The number of hydrogen-bond acceptors (Lipinski definition) is 11. The third-order valence-corrected chi connectivity index (χ3v) is 12.1. The van der Waals surface area contributed by atoms with Gasteiger partial charge in [-0.25, -0.2) is 0 Å². The van der Waals surface area contributed by atoms with Gasteiger partial charge in [0.05, 0.1) is 6.61 Å². The molecule has 0 radical (unpaired) electrons. The predicted octanol–water partition coefficient (Wildman–Crippen LogP) is 10.2. The highest BCUT2D eigenvalue weighted by atomic mass is 32.2. The fourth-order valence-electron chi connectivity index (χ4n) is 7.56. The summed E-state index contributed by atoms with van der Waals surface area (Å²) in [5.74, 6) is -1.98. The zero-order valence-corrected chi connectivity index (χ0v) is 38.6. The van der Waals surface area contributed by atoms with Crippen LogP contribution in [0.25, 0.3) is 0 Å². The van der Waals surface area contributed by atoms with Gasteiger partial charge in [-0.3, -0.25) is 14.1 Å². The molecule has 12 nitrogen and oxygen atoms in total. The number of hydrogen-bond donors (Lipinski definition) is 4. The fraction of sp³-hybridized carbons (Fsp3) is 0.915. The largest absolute Gasteiger partial charge is 0.462 e. The van der Waals surface area contributed by atoms with Gasteiger partial charge < -0.3 is 34.3 Å². The first-order valence-electron chi connectivity index (χ1n) is 24.2. The summed E-state index contributed by atoms with van der Waals surface area (Å²) in [5, 5.41) is 30.9. The minimum absolute atomic E-state index is 0.158. The summed E-state index contributed by atoms with van der Waals surface area (Å²) >= 11 is 0. The summed E-state index contributed by atoms with van der Waals surface area (Å²) in [4.78, 5) is 25.4. The lowest BCUT2D eigenvalue weighted by Crippen LogP contribution is -2.60. The number of allylic oxidation sites excluding steroid dienone is 2. The molecule has 1 heterocycles. The van der Waals surface area contributed by atoms with Crippen LogP contribution in [-0.2, 0) is 38.7 Å². The molecule has 4 N–H and O–H groups in total. The Hall–Kier alpha value is -1.61. The zero-order chi connectivity index (χ0) is 44.1. The summed E-state index contributed by atoms with van der Waals surface area (Å²) in [5.41, 5.74) is 0. The summed E-state index contributed by atoms with van der Waals surface area (Å²) in [6.07, 6.45) is 31.2. The lowest BCUT2D eigenvalue weighted by Gasteiger charge is -2.40. The normalized spacial score (nSPS) is 20.1. The van der Waals surface area contributed by atoms with E-state index in [0.29, 0.717) is 12.8 Å². The van der Waals surface area contributed by atoms with Gasteiger partial charge in [-0.05, 0) is 38.5 Å². The summed E-state index contributed by atoms with van der Waals surface area (Å²) in [6, 6.07) is 0. The lowest BCUT2D eigenvalue weighted by atomic mass is 10.00. The number of esters is 2. The van der Waals surface area contributed by atoms with Crippen LogP contribution in [0.4, 0.5) is 0 Å². The first kappa shape index (κ1) is 56.4. The molecule has 13 heteroatoms. The Morgan fingerprint density at radius 2 is 0.950 bits per heavy atom. The highest BCUT2D eigenvalue weighted by Gasteiger charge is 2.46. The molecule has 0 amide bonds. The minimum atomic E-state index is -4.60. The molecular formula is C47H88O12S. The van der Waals surface area contributed by atoms with Crippen LogP contribution in [0.2, 0.25) is 0 Å². The monoisotopic (exact) mass is 877 g/mol. The summed E-state index contributed by atoms with van der Waals surface area (Å²) in [6.45, 7) is 3.75. The topological polar surface area (TPSA) is 186 Å². The van der Waals surface area contributed by atoms with Crippen molar-refractivity contribution in [1.82, 2.24) is 0 Å². The van der Waals surface area contributed by atoms with Gasteiger partial charge in [0.2, 0.25) is 0 Å². The van der Waals surface area contributed by atoms with Crippen molar-refractivity contribution < 1.29 is 56.8 Å². The maximum atomic E-state index is 12.8. The molecule has 1 rings (SSSR count). The Kier molecular flexibility index (Phi) is 35.6. The molecule has 60 heavy (non-hydrogen) atoms. The number of carbonyl (C=O) groups excluding carboxylic acids is 2. The van der Waals surface area contributed by atoms with Crippen molar-refractivity contribution in [2.75, 3.05) is 19.0 Å². The van der Waals surface area contributed by atoms with Crippen LogP contribution in [0.1, 0.15) is 219 Å². The van der Waals surface area contributed by atoms with E-state index in [1.165, 1.54) is 122 Å². The standard InChI is InChI=1S/C47H88O12S/c1-3-5-7-9-11-13-15-17-18-19-20-21-22-23-24-26-27-29-31-33-35-42(48)56-37-40(38-57-47-46(52)45(51)44(50)41(59-47)39-60(53,54)55)58-43(49)36-34-32-30-28-25-16-14-12-10-8-6-4-2/h12,14,40-41,44-47,50-52H,3-11,13,15-39H2,1-2H3,(H,53,54,55)/b14-12-. The highest BCUT2D eigenvalue weighted by molar-refractivity contribution is 7.85. The number of rotatable bonds is 41. The Morgan fingerprint density at radius 3 is 1.42 bits per heavy atom. The first-order chi connectivity index (χ1) is 29.0. The van der Waals surface area contributed by atoms with Crippen molar-refractivity contribution in [3.63, 3.8) is 0 Å². The predicted molar refractivity (Wildman–Crippen MR) is 238 cm³/mol. The van der Waals surface area contributed by atoms with Gasteiger partial charge in [0.25, 0.3) is 10.1 Å². The quantitative estimate of drug-likeness (QED) is 0.0197. The molecule has 0 aliphatic carbocycles. The van der Waals surface area contributed by atoms with E-state index in [2.05, 4.69) is 26.0 Å². The molecule has 0 aromatic heterocycles.